The summed E-state index contributed by atoms with van der Waals surface area (Å²) in [6.07, 6.45) is 1.51. The number of para-hydroxylation sites is 1. The standard InChI is InChI=1S/C19H27FN4O2.HI/c1-13(25-15-9-7-6-8-14(15)20)10-23-18(21-5)24-12-17-22-11-16(26-17)19(2,3)4;/h6-9,11,13H,10,12H2,1-5H3,(H2,21,23,24);1H. The largest absolute Gasteiger partial charge is 0.486 e. The number of guanidine groups is 1. The minimum Gasteiger partial charge on any atom is -0.486 e. The van der Waals surface area contributed by atoms with Gasteiger partial charge < -0.3 is 19.8 Å². The first-order valence-corrected chi connectivity index (χ1v) is 8.60. The number of oxazole rings is 1. The second kappa shape index (κ2) is 10.5. The molecule has 1 aromatic heterocycles. The van der Waals surface area contributed by atoms with E-state index >= 15 is 0 Å². The van der Waals surface area contributed by atoms with Gasteiger partial charge in [0.05, 0.1) is 19.3 Å². The summed E-state index contributed by atoms with van der Waals surface area (Å²) < 4.78 is 24.9. The first-order valence-electron chi connectivity index (χ1n) is 8.60. The van der Waals surface area contributed by atoms with Crippen LogP contribution in [0.3, 0.4) is 0 Å². The second-order valence-corrected chi connectivity index (χ2v) is 7.03. The molecular formula is C19H28FIN4O2. The zero-order valence-corrected chi connectivity index (χ0v) is 18.7. The molecule has 8 heteroatoms. The smallest absolute Gasteiger partial charge is 0.213 e. The molecule has 0 bridgehead atoms. The zero-order chi connectivity index (χ0) is 19.2. The van der Waals surface area contributed by atoms with Gasteiger partial charge in [0.15, 0.2) is 17.5 Å². The Bertz CT molecular complexity index is 743. The summed E-state index contributed by atoms with van der Waals surface area (Å²) >= 11 is 0. The predicted molar refractivity (Wildman–Crippen MR) is 115 cm³/mol. The molecule has 0 spiro atoms. The van der Waals surface area contributed by atoms with Gasteiger partial charge in [-0.2, -0.15) is 0 Å². The highest BCUT2D eigenvalue weighted by molar-refractivity contribution is 14.0. The fraction of sp³-hybridized carbons (Fsp3) is 0.474. The minimum atomic E-state index is -0.375. The van der Waals surface area contributed by atoms with E-state index in [4.69, 9.17) is 9.15 Å². The molecule has 150 valence electrons. The van der Waals surface area contributed by atoms with Crippen molar-refractivity contribution in [3.05, 3.63) is 47.9 Å². The van der Waals surface area contributed by atoms with Gasteiger partial charge >= 0.3 is 0 Å². The topological polar surface area (TPSA) is 71.7 Å². The molecule has 27 heavy (non-hydrogen) atoms. The zero-order valence-electron chi connectivity index (χ0n) is 16.4. The Morgan fingerprint density at radius 2 is 2.00 bits per heavy atom. The van der Waals surface area contributed by atoms with Crippen LogP contribution in [-0.2, 0) is 12.0 Å². The molecule has 0 saturated heterocycles. The van der Waals surface area contributed by atoms with Crippen LogP contribution in [0.4, 0.5) is 4.39 Å². The van der Waals surface area contributed by atoms with Crippen molar-refractivity contribution in [1.82, 2.24) is 15.6 Å². The Kier molecular flexibility index (Phi) is 9.01. The highest BCUT2D eigenvalue weighted by Gasteiger charge is 2.19. The minimum absolute atomic E-state index is 0. The lowest BCUT2D eigenvalue weighted by molar-refractivity contribution is 0.214. The molecule has 1 atom stereocenters. The number of benzene rings is 1. The highest BCUT2D eigenvalue weighted by Crippen LogP contribution is 2.22. The van der Waals surface area contributed by atoms with E-state index < -0.39 is 0 Å². The first kappa shape index (κ1) is 23.2. The van der Waals surface area contributed by atoms with Crippen LogP contribution in [0.1, 0.15) is 39.3 Å². The number of nitrogens with one attached hydrogen (secondary N) is 2. The molecule has 1 unspecified atom stereocenters. The van der Waals surface area contributed by atoms with Crippen molar-refractivity contribution in [3.63, 3.8) is 0 Å². The van der Waals surface area contributed by atoms with Crippen LogP contribution in [0.25, 0.3) is 0 Å². The molecular weight excluding hydrogens is 462 g/mol. The van der Waals surface area contributed by atoms with Crippen molar-refractivity contribution in [2.75, 3.05) is 13.6 Å². The van der Waals surface area contributed by atoms with Crippen LogP contribution < -0.4 is 15.4 Å². The van der Waals surface area contributed by atoms with Gasteiger partial charge in [0.2, 0.25) is 5.89 Å². The van der Waals surface area contributed by atoms with Gasteiger partial charge in [0, 0.05) is 12.5 Å². The lowest BCUT2D eigenvalue weighted by atomic mass is 9.94. The van der Waals surface area contributed by atoms with Gasteiger partial charge in [0.1, 0.15) is 11.9 Å². The SMILES string of the molecule is CN=C(NCc1ncc(C(C)(C)C)o1)NCC(C)Oc1ccccc1F.I. The maximum absolute atomic E-state index is 13.6. The number of aromatic nitrogens is 1. The molecule has 0 amide bonds. The van der Waals surface area contributed by atoms with Crippen molar-refractivity contribution in [2.45, 2.75) is 45.8 Å². The van der Waals surface area contributed by atoms with Crippen molar-refractivity contribution >= 4 is 29.9 Å². The molecule has 0 radical (unpaired) electrons. The summed E-state index contributed by atoms with van der Waals surface area (Å²) in [4.78, 5) is 8.42. The van der Waals surface area contributed by atoms with Crippen LogP contribution in [-0.4, -0.2) is 30.6 Å². The number of hydrogen-bond acceptors (Lipinski definition) is 4. The molecule has 0 aliphatic carbocycles. The molecule has 0 aliphatic heterocycles. The number of rotatable bonds is 6. The molecule has 2 rings (SSSR count). The van der Waals surface area contributed by atoms with Gasteiger partial charge in [-0.25, -0.2) is 9.37 Å². The van der Waals surface area contributed by atoms with Crippen molar-refractivity contribution in [3.8, 4) is 5.75 Å². The van der Waals surface area contributed by atoms with E-state index in [1.165, 1.54) is 6.07 Å². The predicted octanol–water partition coefficient (Wildman–Crippen LogP) is 3.86. The van der Waals surface area contributed by atoms with Crippen LogP contribution in [0.2, 0.25) is 0 Å². The highest BCUT2D eigenvalue weighted by atomic mass is 127. The average molecular weight is 490 g/mol. The van der Waals surface area contributed by atoms with Gasteiger partial charge in [-0.15, -0.1) is 24.0 Å². The van der Waals surface area contributed by atoms with Crippen LogP contribution in [0.15, 0.2) is 39.9 Å². The first-order chi connectivity index (χ1) is 12.3. The van der Waals surface area contributed by atoms with E-state index in [0.717, 1.165) is 5.76 Å². The fourth-order valence-corrected chi connectivity index (χ4v) is 2.16. The van der Waals surface area contributed by atoms with Gasteiger partial charge in [-0.05, 0) is 19.1 Å². The Morgan fingerprint density at radius 3 is 2.59 bits per heavy atom. The maximum atomic E-state index is 13.6. The van der Waals surface area contributed by atoms with Crippen molar-refractivity contribution < 1.29 is 13.5 Å². The number of aliphatic imine (C=N–C) groups is 1. The van der Waals surface area contributed by atoms with E-state index in [2.05, 4.69) is 41.4 Å². The van der Waals surface area contributed by atoms with Gasteiger partial charge in [-0.3, -0.25) is 4.99 Å². The van der Waals surface area contributed by atoms with E-state index in [1.807, 2.05) is 6.92 Å². The summed E-state index contributed by atoms with van der Waals surface area (Å²) in [5.74, 6) is 1.88. The summed E-state index contributed by atoms with van der Waals surface area (Å²) in [6, 6.07) is 6.35. The molecule has 2 N–H and O–H groups in total. The molecule has 1 heterocycles. The third-order valence-corrected chi connectivity index (χ3v) is 3.65. The number of ether oxygens (including phenoxy) is 1. The molecule has 0 saturated carbocycles. The number of hydrogen-bond donors (Lipinski definition) is 2. The van der Waals surface area contributed by atoms with Crippen LogP contribution >= 0.6 is 24.0 Å². The second-order valence-electron chi connectivity index (χ2n) is 7.03. The number of nitrogens with zero attached hydrogens (tertiary/aromatic N) is 2. The summed E-state index contributed by atoms with van der Waals surface area (Å²) in [5.41, 5.74) is -0.0787. The van der Waals surface area contributed by atoms with Crippen molar-refractivity contribution in [2.24, 2.45) is 4.99 Å². The van der Waals surface area contributed by atoms with E-state index in [1.54, 1.807) is 31.4 Å². The van der Waals surface area contributed by atoms with E-state index in [0.29, 0.717) is 24.9 Å². The molecule has 1 aromatic carbocycles. The van der Waals surface area contributed by atoms with Crippen LogP contribution in [0, 0.1) is 5.82 Å². The Labute approximate surface area is 177 Å². The summed E-state index contributed by atoms with van der Waals surface area (Å²) in [7, 11) is 1.67. The number of halogens is 2. The van der Waals surface area contributed by atoms with Gasteiger partial charge in [-0.1, -0.05) is 32.9 Å². The molecule has 0 fully saturated rings. The lowest BCUT2D eigenvalue weighted by Gasteiger charge is -2.17. The Balaban J connectivity index is 0.00000364. The average Bonchev–Trinajstić information content (AvgIpc) is 3.06. The molecule has 6 nitrogen and oxygen atoms in total. The van der Waals surface area contributed by atoms with Crippen molar-refractivity contribution in [1.29, 1.82) is 0 Å². The quantitative estimate of drug-likeness (QED) is 0.366. The molecule has 2 aromatic rings. The Hall–Kier alpha value is -1.84. The third kappa shape index (κ3) is 7.36. The van der Waals surface area contributed by atoms with E-state index in [9.17, 15) is 4.39 Å². The normalized spacial score (nSPS) is 12.9. The van der Waals surface area contributed by atoms with E-state index in [-0.39, 0.29) is 47.1 Å². The summed E-state index contributed by atoms with van der Waals surface area (Å²) in [5, 5.41) is 6.27. The lowest BCUT2D eigenvalue weighted by Crippen LogP contribution is -2.41. The maximum Gasteiger partial charge on any atom is 0.213 e. The monoisotopic (exact) mass is 490 g/mol. The third-order valence-electron chi connectivity index (χ3n) is 3.65. The van der Waals surface area contributed by atoms with Crippen LogP contribution in [0.5, 0.6) is 5.75 Å². The van der Waals surface area contributed by atoms with Gasteiger partial charge in [0.25, 0.3) is 0 Å². The molecule has 0 aliphatic rings. The Morgan fingerprint density at radius 1 is 1.30 bits per heavy atom. The fourth-order valence-electron chi connectivity index (χ4n) is 2.16. The summed E-state index contributed by atoms with van der Waals surface area (Å²) in [6.45, 7) is 8.95.